The van der Waals surface area contributed by atoms with Crippen molar-refractivity contribution in [2.45, 2.75) is 6.42 Å². The zero-order chi connectivity index (χ0) is 12.3. The van der Waals surface area contributed by atoms with E-state index in [0.29, 0.717) is 23.1 Å². The van der Waals surface area contributed by atoms with Gasteiger partial charge < -0.3 is 9.64 Å². The Morgan fingerprint density at radius 2 is 2.53 bits per heavy atom. The van der Waals surface area contributed by atoms with Gasteiger partial charge in [0.1, 0.15) is 5.75 Å². The molecule has 0 aliphatic carbocycles. The van der Waals surface area contributed by atoms with E-state index in [0.717, 1.165) is 19.5 Å². The molecule has 1 atom stereocenters. The molecule has 0 bridgehead atoms. The van der Waals surface area contributed by atoms with Crippen molar-refractivity contribution in [1.29, 1.82) is 0 Å². The van der Waals surface area contributed by atoms with E-state index in [2.05, 4.69) is 4.98 Å². The number of alkyl halides is 1. The summed E-state index contributed by atoms with van der Waals surface area (Å²) in [5, 5.41) is 0. The molecule has 92 valence electrons. The monoisotopic (exact) mass is 254 g/mol. The number of carbonyl (C=O) groups excluding carboxylic acids is 1. The van der Waals surface area contributed by atoms with Crippen molar-refractivity contribution in [3.05, 3.63) is 24.0 Å². The van der Waals surface area contributed by atoms with E-state index in [9.17, 15) is 4.79 Å². The van der Waals surface area contributed by atoms with Crippen LogP contribution in [0.4, 0.5) is 0 Å². The molecular weight excluding hydrogens is 240 g/mol. The van der Waals surface area contributed by atoms with E-state index < -0.39 is 0 Å². The average Bonchev–Trinajstić information content (AvgIpc) is 2.86. The van der Waals surface area contributed by atoms with Crippen LogP contribution in [0.25, 0.3) is 0 Å². The number of pyridine rings is 1. The summed E-state index contributed by atoms with van der Waals surface area (Å²) in [4.78, 5) is 18.0. The Hall–Kier alpha value is -1.29. The van der Waals surface area contributed by atoms with E-state index in [1.165, 1.54) is 0 Å². The molecule has 0 spiro atoms. The van der Waals surface area contributed by atoms with Crippen LogP contribution >= 0.6 is 11.6 Å². The smallest absolute Gasteiger partial charge is 0.257 e. The maximum atomic E-state index is 12.3. The summed E-state index contributed by atoms with van der Waals surface area (Å²) in [6, 6.07) is 1.69. The van der Waals surface area contributed by atoms with E-state index >= 15 is 0 Å². The summed E-state index contributed by atoms with van der Waals surface area (Å²) < 4.78 is 5.14. The minimum atomic E-state index is -0.00290. The van der Waals surface area contributed by atoms with Crippen molar-refractivity contribution in [2.75, 3.05) is 26.1 Å². The predicted octanol–water partition coefficient (Wildman–Crippen LogP) is 1.79. The minimum Gasteiger partial charge on any atom is -0.494 e. The Morgan fingerprint density at radius 3 is 3.18 bits per heavy atom. The third-order valence-corrected chi connectivity index (χ3v) is 3.46. The van der Waals surface area contributed by atoms with E-state index in [4.69, 9.17) is 16.3 Å². The Balaban J connectivity index is 2.15. The first kappa shape index (κ1) is 12.2. The third kappa shape index (κ3) is 2.52. The summed E-state index contributed by atoms with van der Waals surface area (Å²) in [5.41, 5.74) is 0.567. The Bertz CT molecular complexity index is 411. The fraction of sp³-hybridized carbons (Fsp3) is 0.500. The molecule has 4 nitrogen and oxygen atoms in total. The molecule has 1 aliphatic heterocycles. The van der Waals surface area contributed by atoms with Crippen LogP contribution in [0.15, 0.2) is 18.5 Å². The van der Waals surface area contributed by atoms with Gasteiger partial charge in [0, 0.05) is 25.2 Å². The molecular formula is C12H15ClN2O2. The second-order valence-electron chi connectivity index (χ2n) is 4.14. The number of halogens is 1. The molecule has 0 saturated carbocycles. The van der Waals surface area contributed by atoms with Gasteiger partial charge in [0.15, 0.2) is 0 Å². The van der Waals surface area contributed by atoms with Gasteiger partial charge in [-0.15, -0.1) is 11.6 Å². The standard InChI is InChI=1S/C12H15ClN2O2/c1-17-11-7-14-4-2-10(11)12(16)15-5-3-9(6-13)8-15/h2,4,7,9H,3,5-6,8H2,1H3. The lowest BCUT2D eigenvalue weighted by Crippen LogP contribution is -2.29. The summed E-state index contributed by atoms with van der Waals surface area (Å²) in [7, 11) is 1.54. The SMILES string of the molecule is COc1cnccc1C(=O)N1CCC(CCl)C1. The van der Waals surface area contributed by atoms with Crippen molar-refractivity contribution < 1.29 is 9.53 Å². The maximum absolute atomic E-state index is 12.3. The van der Waals surface area contributed by atoms with Crippen molar-refractivity contribution in [2.24, 2.45) is 5.92 Å². The van der Waals surface area contributed by atoms with Crippen LogP contribution < -0.4 is 4.74 Å². The number of nitrogens with zero attached hydrogens (tertiary/aromatic N) is 2. The van der Waals surface area contributed by atoms with Gasteiger partial charge >= 0.3 is 0 Å². The van der Waals surface area contributed by atoms with E-state index in [-0.39, 0.29) is 5.91 Å². The topological polar surface area (TPSA) is 42.4 Å². The van der Waals surface area contributed by atoms with Gasteiger partial charge in [0.2, 0.25) is 0 Å². The molecule has 1 amide bonds. The highest BCUT2D eigenvalue weighted by Crippen LogP contribution is 2.23. The van der Waals surface area contributed by atoms with Crippen LogP contribution in [-0.4, -0.2) is 41.9 Å². The van der Waals surface area contributed by atoms with Crippen LogP contribution in [0, 0.1) is 5.92 Å². The summed E-state index contributed by atoms with van der Waals surface area (Å²) >= 11 is 5.81. The predicted molar refractivity (Wildman–Crippen MR) is 65.5 cm³/mol. The molecule has 0 radical (unpaired) electrons. The molecule has 2 heterocycles. The second-order valence-corrected chi connectivity index (χ2v) is 4.44. The van der Waals surface area contributed by atoms with Crippen LogP contribution in [0.2, 0.25) is 0 Å². The molecule has 1 aromatic heterocycles. The Labute approximate surface area is 106 Å². The number of carbonyl (C=O) groups is 1. The zero-order valence-corrected chi connectivity index (χ0v) is 10.5. The highest BCUT2D eigenvalue weighted by Gasteiger charge is 2.27. The van der Waals surface area contributed by atoms with Crippen LogP contribution in [-0.2, 0) is 0 Å². The number of aromatic nitrogens is 1. The van der Waals surface area contributed by atoms with Crippen LogP contribution in [0.3, 0.4) is 0 Å². The van der Waals surface area contributed by atoms with Crippen molar-refractivity contribution in [1.82, 2.24) is 9.88 Å². The number of hydrogen-bond donors (Lipinski definition) is 0. The lowest BCUT2D eigenvalue weighted by molar-refractivity contribution is 0.0785. The van der Waals surface area contributed by atoms with E-state index in [1.807, 2.05) is 4.90 Å². The third-order valence-electron chi connectivity index (χ3n) is 3.03. The second kappa shape index (κ2) is 5.36. The lowest BCUT2D eigenvalue weighted by Gasteiger charge is -2.17. The molecule has 1 aromatic rings. The van der Waals surface area contributed by atoms with Gasteiger partial charge in [-0.25, -0.2) is 0 Å². The van der Waals surface area contributed by atoms with Crippen LogP contribution in [0.1, 0.15) is 16.8 Å². The highest BCUT2D eigenvalue weighted by atomic mass is 35.5. The molecule has 0 aromatic carbocycles. The van der Waals surface area contributed by atoms with Crippen LogP contribution in [0.5, 0.6) is 5.75 Å². The molecule has 5 heteroatoms. The number of amides is 1. The first-order chi connectivity index (χ1) is 8.26. The first-order valence-corrected chi connectivity index (χ1v) is 6.13. The van der Waals surface area contributed by atoms with Gasteiger partial charge in [-0.3, -0.25) is 9.78 Å². The highest BCUT2D eigenvalue weighted by molar-refractivity contribution is 6.18. The minimum absolute atomic E-state index is 0.00290. The molecule has 1 fully saturated rings. The molecule has 2 rings (SSSR count). The van der Waals surface area contributed by atoms with Gasteiger partial charge in [-0.1, -0.05) is 0 Å². The summed E-state index contributed by atoms with van der Waals surface area (Å²) in [5.74, 6) is 1.54. The van der Waals surface area contributed by atoms with Crippen molar-refractivity contribution in [3.63, 3.8) is 0 Å². The Morgan fingerprint density at radius 1 is 1.71 bits per heavy atom. The molecule has 0 N–H and O–H groups in total. The number of hydrogen-bond acceptors (Lipinski definition) is 3. The fourth-order valence-electron chi connectivity index (χ4n) is 2.03. The fourth-order valence-corrected chi connectivity index (χ4v) is 2.28. The zero-order valence-electron chi connectivity index (χ0n) is 9.73. The number of ether oxygens (including phenoxy) is 1. The molecule has 1 aliphatic rings. The number of rotatable bonds is 3. The first-order valence-electron chi connectivity index (χ1n) is 5.59. The lowest BCUT2D eigenvalue weighted by atomic mass is 10.2. The largest absolute Gasteiger partial charge is 0.494 e. The van der Waals surface area contributed by atoms with Gasteiger partial charge in [0.25, 0.3) is 5.91 Å². The summed E-state index contributed by atoms with van der Waals surface area (Å²) in [6.07, 6.45) is 4.13. The quantitative estimate of drug-likeness (QED) is 0.773. The Kier molecular flexibility index (Phi) is 3.84. The van der Waals surface area contributed by atoms with Gasteiger partial charge in [-0.05, 0) is 18.4 Å². The average molecular weight is 255 g/mol. The van der Waals surface area contributed by atoms with Crippen molar-refractivity contribution >= 4 is 17.5 Å². The summed E-state index contributed by atoms with van der Waals surface area (Å²) in [6.45, 7) is 1.50. The normalized spacial score (nSPS) is 19.4. The van der Waals surface area contributed by atoms with Gasteiger partial charge in [-0.2, -0.15) is 0 Å². The van der Waals surface area contributed by atoms with Gasteiger partial charge in [0.05, 0.1) is 18.9 Å². The molecule has 1 unspecified atom stereocenters. The molecule has 17 heavy (non-hydrogen) atoms. The van der Waals surface area contributed by atoms with E-state index in [1.54, 1.807) is 25.6 Å². The number of likely N-dealkylation sites (tertiary alicyclic amines) is 1. The maximum Gasteiger partial charge on any atom is 0.257 e. The van der Waals surface area contributed by atoms with Crippen molar-refractivity contribution in [3.8, 4) is 5.75 Å². The number of methoxy groups -OCH3 is 1. The molecule has 1 saturated heterocycles.